The Kier molecular flexibility index (Phi) is 12.5. The summed E-state index contributed by atoms with van der Waals surface area (Å²) in [5.74, 6) is 2.38. The van der Waals surface area contributed by atoms with E-state index in [0.717, 1.165) is 38.8 Å². The molecule has 0 aromatic carbocycles. The van der Waals surface area contributed by atoms with Crippen LogP contribution in [0.3, 0.4) is 0 Å². The number of thioether (sulfide) groups is 1. The zero-order valence-electron chi connectivity index (χ0n) is 9.87. The van der Waals surface area contributed by atoms with Gasteiger partial charge in [-0.1, -0.05) is 6.92 Å². The topological polar surface area (TPSA) is 58.3 Å². The molecule has 0 saturated heterocycles. The van der Waals surface area contributed by atoms with Crippen molar-refractivity contribution in [2.75, 3.05) is 31.2 Å². The molecule has 0 aliphatic carbocycles. The number of nitrogens with one attached hydrogen (secondary N) is 1. The van der Waals surface area contributed by atoms with Gasteiger partial charge in [0.25, 0.3) is 0 Å². The summed E-state index contributed by atoms with van der Waals surface area (Å²) in [6, 6.07) is 0.471. The molecule has 4 N–H and O–H groups in total. The summed E-state index contributed by atoms with van der Waals surface area (Å²) in [4.78, 5) is 0. The SMILES string of the molecule is CCSCCC(CN)NCCCCCO. The fourth-order valence-corrected chi connectivity index (χ4v) is 2.13. The van der Waals surface area contributed by atoms with Gasteiger partial charge in [-0.05, 0) is 43.7 Å². The minimum absolute atomic E-state index is 0.313. The third-order valence-electron chi connectivity index (χ3n) is 2.37. The van der Waals surface area contributed by atoms with Crippen LogP contribution in [-0.2, 0) is 0 Å². The Morgan fingerprint density at radius 2 is 2.13 bits per heavy atom. The quantitative estimate of drug-likeness (QED) is 0.470. The molecule has 3 nitrogen and oxygen atoms in total. The number of aliphatic hydroxyl groups is 1. The minimum atomic E-state index is 0.313. The molecule has 0 amide bonds. The van der Waals surface area contributed by atoms with Crippen LogP contribution in [0.15, 0.2) is 0 Å². The molecular weight excluding hydrogens is 208 g/mol. The predicted octanol–water partition coefficient (Wildman–Crippen LogP) is 1.21. The normalized spacial score (nSPS) is 13.0. The molecule has 0 fully saturated rings. The van der Waals surface area contributed by atoms with E-state index in [1.54, 1.807) is 0 Å². The second-order valence-corrected chi connectivity index (χ2v) is 5.05. The van der Waals surface area contributed by atoms with E-state index in [-0.39, 0.29) is 0 Å². The van der Waals surface area contributed by atoms with Crippen molar-refractivity contribution < 1.29 is 5.11 Å². The molecular formula is C11H26N2OS. The first-order chi connectivity index (χ1) is 7.35. The Morgan fingerprint density at radius 1 is 1.33 bits per heavy atom. The molecule has 15 heavy (non-hydrogen) atoms. The second kappa shape index (κ2) is 12.3. The Morgan fingerprint density at radius 3 is 2.73 bits per heavy atom. The molecule has 0 rings (SSSR count). The fourth-order valence-electron chi connectivity index (χ4n) is 1.39. The van der Waals surface area contributed by atoms with Crippen LogP contribution in [-0.4, -0.2) is 42.4 Å². The molecule has 0 saturated carbocycles. The summed E-state index contributed by atoms with van der Waals surface area (Å²) in [6.45, 7) is 4.25. The largest absolute Gasteiger partial charge is 0.396 e. The molecule has 0 heterocycles. The number of nitrogens with two attached hydrogens (primary N) is 1. The first-order valence-corrected chi connectivity index (χ1v) is 7.12. The van der Waals surface area contributed by atoms with Crippen LogP contribution in [0.1, 0.15) is 32.6 Å². The van der Waals surface area contributed by atoms with Gasteiger partial charge in [-0.3, -0.25) is 0 Å². The van der Waals surface area contributed by atoms with Crippen molar-refractivity contribution in [2.45, 2.75) is 38.6 Å². The summed E-state index contributed by atoms with van der Waals surface area (Å²) in [6.07, 6.45) is 4.32. The molecule has 4 heteroatoms. The summed E-state index contributed by atoms with van der Waals surface area (Å²) >= 11 is 1.97. The molecule has 0 aliphatic heterocycles. The zero-order valence-corrected chi connectivity index (χ0v) is 10.7. The molecule has 0 aliphatic rings. The van der Waals surface area contributed by atoms with Crippen LogP contribution >= 0.6 is 11.8 Å². The van der Waals surface area contributed by atoms with Gasteiger partial charge in [0.2, 0.25) is 0 Å². The van der Waals surface area contributed by atoms with Gasteiger partial charge in [-0.15, -0.1) is 0 Å². The van der Waals surface area contributed by atoms with E-state index in [1.165, 1.54) is 11.5 Å². The van der Waals surface area contributed by atoms with Gasteiger partial charge >= 0.3 is 0 Å². The monoisotopic (exact) mass is 234 g/mol. The smallest absolute Gasteiger partial charge is 0.0431 e. The van der Waals surface area contributed by atoms with E-state index >= 15 is 0 Å². The van der Waals surface area contributed by atoms with E-state index in [4.69, 9.17) is 10.8 Å². The highest BCUT2D eigenvalue weighted by Crippen LogP contribution is 2.03. The maximum Gasteiger partial charge on any atom is 0.0431 e. The lowest BCUT2D eigenvalue weighted by atomic mass is 10.2. The standard InChI is InChI=1S/C11H26N2OS/c1-2-15-9-6-11(10-12)13-7-4-3-5-8-14/h11,13-14H,2-10,12H2,1H3. The predicted molar refractivity (Wildman–Crippen MR) is 69.4 cm³/mol. The van der Waals surface area contributed by atoms with Crippen molar-refractivity contribution in [1.29, 1.82) is 0 Å². The van der Waals surface area contributed by atoms with Crippen LogP contribution in [0.25, 0.3) is 0 Å². The van der Waals surface area contributed by atoms with Crippen molar-refractivity contribution in [3.8, 4) is 0 Å². The van der Waals surface area contributed by atoms with E-state index in [2.05, 4.69) is 12.2 Å². The molecule has 1 atom stereocenters. The first kappa shape index (κ1) is 15.2. The van der Waals surface area contributed by atoms with Gasteiger partial charge in [0.15, 0.2) is 0 Å². The lowest BCUT2D eigenvalue weighted by molar-refractivity contribution is 0.282. The average molecular weight is 234 g/mol. The lowest BCUT2D eigenvalue weighted by Crippen LogP contribution is -2.37. The number of rotatable bonds is 11. The Labute approximate surface area is 98.2 Å². The third-order valence-corrected chi connectivity index (χ3v) is 3.30. The molecule has 0 radical (unpaired) electrons. The molecule has 0 aromatic heterocycles. The van der Waals surface area contributed by atoms with Crippen molar-refractivity contribution in [3.05, 3.63) is 0 Å². The number of hydrogen-bond acceptors (Lipinski definition) is 4. The van der Waals surface area contributed by atoms with Gasteiger partial charge in [0.1, 0.15) is 0 Å². The average Bonchev–Trinajstić information content (AvgIpc) is 2.26. The van der Waals surface area contributed by atoms with Gasteiger partial charge in [0.05, 0.1) is 0 Å². The van der Waals surface area contributed by atoms with Gasteiger partial charge in [-0.2, -0.15) is 11.8 Å². The Balaban J connectivity index is 3.28. The van der Waals surface area contributed by atoms with Crippen molar-refractivity contribution in [2.24, 2.45) is 5.73 Å². The van der Waals surface area contributed by atoms with Crippen LogP contribution in [0, 0.1) is 0 Å². The highest BCUT2D eigenvalue weighted by molar-refractivity contribution is 7.99. The molecule has 92 valence electrons. The summed E-state index contributed by atoms with van der Waals surface area (Å²) in [5.41, 5.74) is 5.68. The van der Waals surface area contributed by atoms with Gasteiger partial charge in [-0.25, -0.2) is 0 Å². The number of hydrogen-bond donors (Lipinski definition) is 3. The Bertz CT molecular complexity index is 125. The van der Waals surface area contributed by atoms with E-state index < -0.39 is 0 Å². The van der Waals surface area contributed by atoms with Crippen LogP contribution in [0.4, 0.5) is 0 Å². The summed E-state index contributed by atoms with van der Waals surface area (Å²) in [5, 5.41) is 12.1. The minimum Gasteiger partial charge on any atom is -0.396 e. The molecule has 0 aromatic rings. The second-order valence-electron chi connectivity index (χ2n) is 3.66. The van der Waals surface area contributed by atoms with Crippen molar-refractivity contribution in [3.63, 3.8) is 0 Å². The van der Waals surface area contributed by atoms with Crippen LogP contribution in [0.5, 0.6) is 0 Å². The van der Waals surface area contributed by atoms with E-state index in [9.17, 15) is 0 Å². The highest BCUT2D eigenvalue weighted by Gasteiger charge is 2.04. The Hall–Kier alpha value is 0.230. The lowest BCUT2D eigenvalue weighted by Gasteiger charge is -2.16. The van der Waals surface area contributed by atoms with Crippen molar-refractivity contribution in [1.82, 2.24) is 5.32 Å². The molecule has 0 bridgehead atoms. The van der Waals surface area contributed by atoms with Gasteiger partial charge in [0, 0.05) is 19.2 Å². The first-order valence-electron chi connectivity index (χ1n) is 5.97. The maximum atomic E-state index is 8.62. The zero-order chi connectivity index (χ0) is 11.4. The third kappa shape index (κ3) is 10.5. The molecule has 1 unspecified atom stereocenters. The number of aliphatic hydroxyl groups excluding tert-OH is 1. The van der Waals surface area contributed by atoms with E-state index in [0.29, 0.717) is 12.6 Å². The van der Waals surface area contributed by atoms with E-state index in [1.807, 2.05) is 11.8 Å². The van der Waals surface area contributed by atoms with Crippen LogP contribution < -0.4 is 11.1 Å². The van der Waals surface area contributed by atoms with Crippen LogP contribution in [0.2, 0.25) is 0 Å². The summed E-state index contributed by atoms with van der Waals surface area (Å²) < 4.78 is 0. The maximum absolute atomic E-state index is 8.62. The molecule has 0 spiro atoms. The van der Waals surface area contributed by atoms with Gasteiger partial charge < -0.3 is 16.2 Å². The summed E-state index contributed by atoms with van der Waals surface area (Å²) in [7, 11) is 0. The number of unbranched alkanes of at least 4 members (excludes halogenated alkanes) is 2. The highest BCUT2D eigenvalue weighted by atomic mass is 32.2. The fraction of sp³-hybridized carbons (Fsp3) is 1.00. The van der Waals surface area contributed by atoms with Crippen molar-refractivity contribution >= 4 is 11.8 Å².